The fourth-order valence-electron chi connectivity index (χ4n) is 0. The van der Waals surface area contributed by atoms with Crippen LogP contribution in [0.15, 0.2) is 0 Å². The van der Waals surface area contributed by atoms with E-state index in [-0.39, 0.29) is 37.3 Å². The Labute approximate surface area is 82.0 Å². The van der Waals surface area contributed by atoms with E-state index in [0.29, 0.717) is 0 Å². The predicted molar refractivity (Wildman–Crippen MR) is 24.1 cm³/mol. The maximum Gasteiger partial charge on any atom is 0.692 e. The van der Waals surface area contributed by atoms with Crippen LogP contribution in [0.25, 0.3) is 0 Å². The van der Waals surface area contributed by atoms with E-state index in [0.717, 1.165) is 0 Å². The third-order valence-electron chi connectivity index (χ3n) is 0. The summed E-state index contributed by atoms with van der Waals surface area (Å²) in [4.78, 5) is 28.5. The van der Waals surface area contributed by atoms with Crippen LogP contribution in [0.4, 0.5) is 0 Å². The molecule has 0 saturated heterocycles. The first-order chi connectivity index (χ1) is 3.46. The molecule has 9 heteroatoms. The van der Waals surface area contributed by atoms with Crippen LogP contribution in [0.5, 0.6) is 0 Å². The fourth-order valence-corrected chi connectivity index (χ4v) is 0. The van der Waals surface area contributed by atoms with Crippen molar-refractivity contribution in [2.24, 2.45) is 0 Å². The summed E-state index contributed by atoms with van der Waals surface area (Å²) in [5, 5.41) is 0. The molecule has 0 radical (unpaired) electrons. The van der Waals surface area contributed by atoms with Crippen molar-refractivity contribution in [1.29, 1.82) is 0 Å². The Morgan fingerprint density at radius 3 is 0.778 bits per heavy atom. The average Bonchev–Trinajstić information content (AvgIpc) is 1.25. The second-order valence-corrected chi connectivity index (χ2v) is 1.52. The Bertz CT molecular complexity index is 69.1. The first-order valence-electron chi connectivity index (χ1n) is 1.17. The number of hydrogen-bond acceptors (Lipinski definition) is 2. The van der Waals surface area contributed by atoms with Crippen molar-refractivity contribution >= 4 is 16.5 Å². The van der Waals surface area contributed by atoms with Crippen molar-refractivity contribution in [3.05, 3.63) is 0 Å². The Morgan fingerprint density at radius 2 is 0.778 bits per heavy atom. The monoisotopic (exact) mass is 328 g/mol. The summed E-state index contributed by atoms with van der Waals surface area (Å²) in [6.07, 6.45) is 0. The molecule has 0 amide bonds. The predicted octanol–water partition coefficient (Wildman–Crippen LogP) is -0.743. The van der Waals surface area contributed by atoms with Gasteiger partial charge in [0.1, 0.15) is 0 Å². The van der Waals surface area contributed by atoms with Gasteiger partial charge in [-0.05, 0) is 0 Å². The fraction of sp³-hybridized carbons (Fsp3) is 0. The quantitative estimate of drug-likeness (QED) is 0.435. The average molecular weight is 329 g/mol. The molecule has 0 saturated carbocycles. The van der Waals surface area contributed by atoms with E-state index in [1.54, 1.807) is 0 Å². The van der Waals surface area contributed by atoms with Crippen LogP contribution < -0.4 is 0 Å². The van der Waals surface area contributed by atoms with E-state index >= 15 is 0 Å². The second-order valence-electron chi connectivity index (χ2n) is 0.505. The van der Waals surface area contributed by atoms with Gasteiger partial charge < -0.3 is 0 Å². The molecule has 0 unspecified atom stereocenters. The van der Waals surface area contributed by atoms with Gasteiger partial charge >= 0.3 is 16.5 Å². The van der Waals surface area contributed by atoms with Crippen LogP contribution in [0.1, 0.15) is 0 Å². The van der Waals surface area contributed by atoms with E-state index in [9.17, 15) is 0 Å². The smallest absolute Gasteiger partial charge is 0.134 e. The van der Waals surface area contributed by atoms with Crippen molar-refractivity contribution in [2.45, 2.75) is 0 Å². The maximum atomic E-state index is 8.70. The van der Waals surface area contributed by atoms with Gasteiger partial charge in [0.2, 0.25) is 0 Å². The Balaban J connectivity index is -0.0000000720. The zero-order valence-corrected chi connectivity index (χ0v) is 7.43. The molecule has 0 aromatic rings. The molecule has 0 heterocycles. The van der Waals surface area contributed by atoms with Gasteiger partial charge in [0.05, 0.1) is 0 Å². The molecule has 9 heavy (non-hydrogen) atoms. The van der Waals surface area contributed by atoms with E-state index in [1.807, 2.05) is 0 Å². The molecular weight excluding hydrogens is 325 g/mol. The molecule has 0 aliphatic heterocycles. The summed E-state index contributed by atoms with van der Waals surface area (Å²) in [6.45, 7) is 0. The third-order valence-corrected chi connectivity index (χ3v) is 0. The molecule has 0 bridgehead atoms. The Kier molecular flexibility index (Phi) is 22.3. The van der Waals surface area contributed by atoms with Crippen LogP contribution in [0, 0.1) is 37.3 Å². The van der Waals surface area contributed by atoms with Crippen LogP contribution in [0.3, 0.4) is 0 Å². The molecule has 6 nitrogen and oxygen atoms in total. The second kappa shape index (κ2) is 12.0. The van der Waals surface area contributed by atoms with Crippen LogP contribution in [-0.2, 0) is 9.13 Å². The molecule has 0 atom stereocenters. The van der Waals surface area contributed by atoms with Gasteiger partial charge in [-0.1, -0.05) is 0 Å². The summed E-state index contributed by atoms with van der Waals surface area (Å²) in [6, 6.07) is 0. The van der Waals surface area contributed by atoms with Gasteiger partial charge in [0.25, 0.3) is 0 Å². The minimum absolute atomic E-state index is 0. The molecule has 4 N–H and O–H groups in total. The molecule has 0 fully saturated rings. The summed E-state index contributed by atoms with van der Waals surface area (Å²) >= 11 is 0. The van der Waals surface area contributed by atoms with Crippen molar-refractivity contribution in [3.8, 4) is 0 Å². The van der Waals surface area contributed by atoms with Gasteiger partial charge in [0, 0.05) is 46.4 Å². The zero-order chi connectivity index (χ0) is 7.15. The van der Waals surface area contributed by atoms with E-state index in [1.165, 1.54) is 0 Å². The molecule has 0 aromatic heterocycles. The van der Waals surface area contributed by atoms with Crippen LogP contribution in [-0.4, -0.2) is 19.6 Å². The normalized spacial score (nSPS) is 5.78. The van der Waals surface area contributed by atoms with Crippen LogP contribution in [0.2, 0.25) is 0 Å². The maximum absolute atomic E-state index is 8.70. The first-order valence-corrected chi connectivity index (χ1v) is 3.50. The summed E-state index contributed by atoms with van der Waals surface area (Å²) in [5.74, 6) is 0. The molecule has 0 aliphatic carbocycles. The molecule has 0 aromatic carbocycles. The molecule has 0 spiro atoms. The molecule has 0 rings (SSSR count). The van der Waals surface area contributed by atoms with Crippen molar-refractivity contribution in [2.75, 3.05) is 0 Å². The third kappa shape index (κ3) is 298. The number of rotatable bonds is 0. The minimum atomic E-state index is -2.87. The summed E-state index contributed by atoms with van der Waals surface area (Å²) < 4.78 is 17.4. The summed E-state index contributed by atoms with van der Waals surface area (Å²) in [5.41, 5.74) is 0. The van der Waals surface area contributed by atoms with Gasteiger partial charge in [-0.25, -0.2) is 0 Å². The summed E-state index contributed by atoms with van der Waals surface area (Å²) in [7, 11) is -5.74. The van der Waals surface area contributed by atoms with Gasteiger partial charge in [-0.2, -0.15) is 0 Å². The Morgan fingerprint density at radius 1 is 0.778 bits per heavy atom. The largest absolute Gasteiger partial charge is 0.692 e. The molecule has 60 valence electrons. The van der Waals surface area contributed by atoms with Crippen molar-refractivity contribution in [1.82, 2.24) is 0 Å². The van der Waals surface area contributed by atoms with Crippen molar-refractivity contribution in [3.63, 3.8) is 0 Å². The number of hydrogen-bond donors (Lipinski definition) is 4. The van der Waals surface area contributed by atoms with Gasteiger partial charge in [-0.3, -0.25) is 0 Å². The van der Waals surface area contributed by atoms with Crippen LogP contribution >= 0.6 is 16.5 Å². The van der Waals surface area contributed by atoms with E-state index in [2.05, 4.69) is 0 Å². The first kappa shape index (κ1) is 16.7. The van der Waals surface area contributed by atoms with E-state index in [4.69, 9.17) is 28.7 Å². The van der Waals surface area contributed by atoms with E-state index < -0.39 is 16.5 Å². The topological polar surface area (TPSA) is 115 Å². The van der Waals surface area contributed by atoms with Gasteiger partial charge in [-0.15, -0.1) is 19.6 Å². The molecule has 0 aliphatic rings. The van der Waals surface area contributed by atoms with Crippen molar-refractivity contribution < 1.29 is 66.0 Å². The zero-order valence-electron chi connectivity index (χ0n) is 3.79. The minimum Gasteiger partial charge on any atom is -0.134 e. The van der Waals surface area contributed by atoms with Gasteiger partial charge in [0.15, 0.2) is 0 Å². The molecular formula is H4ErO6P2+2. The Hall–Kier alpha value is 1.29. The SMILES string of the molecule is O=[P+](O)O.O=[P+](O)O.[Er]. The standard InChI is InChI=1S/Er.2HO3P/c;2*1-4(2)3/h;2*(H-,1,2,3)/p+2.